The van der Waals surface area contributed by atoms with E-state index in [0.29, 0.717) is 0 Å². The highest BCUT2D eigenvalue weighted by molar-refractivity contribution is 4.33. The summed E-state index contributed by atoms with van der Waals surface area (Å²) >= 11 is 0. The van der Waals surface area contributed by atoms with Gasteiger partial charge in [0.2, 0.25) is 0 Å². The minimum Gasteiger partial charge on any atom is -1.00 e. The molecule has 4 heteroatoms. The minimum absolute atomic E-state index is 0. The van der Waals surface area contributed by atoms with Gasteiger partial charge >= 0.3 is 0 Å². The van der Waals surface area contributed by atoms with Crippen molar-refractivity contribution in [3.8, 4) is 0 Å². The maximum absolute atomic E-state index is 8.11. The van der Waals surface area contributed by atoms with Crippen LogP contribution in [0.5, 0.6) is 0 Å². The van der Waals surface area contributed by atoms with Gasteiger partial charge in [-0.1, -0.05) is 0 Å². The molecule has 3 nitrogen and oxygen atoms in total. The lowest BCUT2D eigenvalue weighted by Crippen LogP contribution is -3.02. The average Bonchev–Trinajstić information content (AvgIpc) is 1.65. The SMILES string of the molecule is CC(O)CO.C[NH+](C)C.[I-]. The van der Waals surface area contributed by atoms with Gasteiger partial charge in [-0.15, -0.1) is 0 Å². The third-order valence-electron chi connectivity index (χ3n) is 0.264. The Morgan fingerprint density at radius 2 is 1.40 bits per heavy atom. The molecule has 0 aromatic carbocycles. The first-order valence-electron chi connectivity index (χ1n) is 3.06. The van der Waals surface area contributed by atoms with Gasteiger partial charge in [-0.2, -0.15) is 0 Å². The number of aliphatic hydroxyl groups is 2. The third-order valence-corrected chi connectivity index (χ3v) is 0.264. The normalized spacial score (nSPS) is 11.1. The van der Waals surface area contributed by atoms with Gasteiger partial charge in [0, 0.05) is 0 Å². The Bertz CT molecular complexity index is 48.3. The summed E-state index contributed by atoms with van der Waals surface area (Å²) in [7, 11) is 6.25. The molecule has 0 aliphatic rings. The van der Waals surface area contributed by atoms with Gasteiger partial charge < -0.3 is 39.1 Å². The second kappa shape index (κ2) is 12.3. The Hall–Kier alpha value is 0.610. The number of rotatable bonds is 1. The van der Waals surface area contributed by atoms with Gasteiger partial charge in [0.1, 0.15) is 0 Å². The van der Waals surface area contributed by atoms with Crippen LogP contribution in [0.15, 0.2) is 0 Å². The van der Waals surface area contributed by atoms with Crippen LogP contribution in [-0.2, 0) is 0 Å². The Morgan fingerprint density at radius 3 is 1.40 bits per heavy atom. The van der Waals surface area contributed by atoms with E-state index in [1.165, 1.54) is 11.8 Å². The first kappa shape index (κ1) is 16.9. The van der Waals surface area contributed by atoms with Crippen molar-refractivity contribution in [1.82, 2.24) is 0 Å². The van der Waals surface area contributed by atoms with E-state index >= 15 is 0 Å². The van der Waals surface area contributed by atoms with E-state index in [2.05, 4.69) is 21.1 Å². The maximum Gasteiger partial charge on any atom is 0.0742 e. The Labute approximate surface area is 80.1 Å². The Kier molecular flexibility index (Phi) is 20.8. The number of quaternary nitrogens is 1. The van der Waals surface area contributed by atoms with Crippen LogP contribution < -0.4 is 28.9 Å². The summed E-state index contributed by atoms with van der Waals surface area (Å²) in [5, 5.41) is 16.0. The highest BCUT2D eigenvalue weighted by Crippen LogP contribution is 1.68. The molecular weight excluding hydrogens is 245 g/mol. The molecule has 0 saturated carbocycles. The van der Waals surface area contributed by atoms with Crippen LogP contribution in [0.2, 0.25) is 0 Å². The number of hydrogen-bond acceptors (Lipinski definition) is 2. The van der Waals surface area contributed by atoms with Crippen molar-refractivity contribution in [2.24, 2.45) is 0 Å². The first-order valence-corrected chi connectivity index (χ1v) is 3.06. The number of hydrogen-bond donors (Lipinski definition) is 3. The molecule has 0 aliphatic carbocycles. The molecule has 0 bridgehead atoms. The van der Waals surface area contributed by atoms with E-state index in [4.69, 9.17) is 10.2 Å². The predicted octanol–water partition coefficient (Wildman–Crippen LogP) is -4.88. The van der Waals surface area contributed by atoms with E-state index in [1.54, 1.807) is 0 Å². The fourth-order valence-corrected chi connectivity index (χ4v) is 0. The zero-order valence-electron chi connectivity index (χ0n) is 7.06. The highest BCUT2D eigenvalue weighted by atomic mass is 127. The van der Waals surface area contributed by atoms with E-state index in [-0.39, 0.29) is 30.6 Å². The second-order valence-electron chi connectivity index (χ2n) is 2.53. The lowest BCUT2D eigenvalue weighted by Gasteiger charge is -1.90. The van der Waals surface area contributed by atoms with Crippen molar-refractivity contribution >= 4 is 0 Å². The van der Waals surface area contributed by atoms with Gasteiger partial charge in [-0.25, -0.2) is 0 Å². The van der Waals surface area contributed by atoms with Crippen molar-refractivity contribution in [2.45, 2.75) is 13.0 Å². The molecule has 0 aromatic rings. The van der Waals surface area contributed by atoms with E-state index in [1.807, 2.05) is 0 Å². The summed E-state index contributed by atoms with van der Waals surface area (Å²) in [5.74, 6) is 0. The van der Waals surface area contributed by atoms with Crippen molar-refractivity contribution in [1.29, 1.82) is 0 Å². The molecule has 0 radical (unpaired) electrons. The average molecular weight is 263 g/mol. The predicted molar refractivity (Wildman–Crippen MR) is 37.5 cm³/mol. The summed E-state index contributed by atoms with van der Waals surface area (Å²) in [4.78, 5) is 1.42. The summed E-state index contributed by atoms with van der Waals surface area (Å²) in [6, 6.07) is 0. The fourth-order valence-electron chi connectivity index (χ4n) is 0. The van der Waals surface area contributed by atoms with Gasteiger partial charge in [0.25, 0.3) is 0 Å². The zero-order valence-corrected chi connectivity index (χ0v) is 9.21. The molecule has 1 unspecified atom stereocenters. The minimum atomic E-state index is -0.560. The first-order chi connectivity index (χ1) is 4.00. The van der Waals surface area contributed by atoms with Crippen LogP contribution in [0.4, 0.5) is 0 Å². The molecule has 0 fully saturated rings. The maximum atomic E-state index is 8.11. The van der Waals surface area contributed by atoms with Crippen molar-refractivity contribution in [2.75, 3.05) is 27.7 Å². The Morgan fingerprint density at radius 1 is 1.30 bits per heavy atom. The van der Waals surface area contributed by atoms with Crippen LogP contribution >= 0.6 is 0 Å². The smallest absolute Gasteiger partial charge is 0.0742 e. The zero-order chi connectivity index (χ0) is 7.86. The number of halogens is 1. The van der Waals surface area contributed by atoms with Crippen molar-refractivity contribution < 1.29 is 39.1 Å². The van der Waals surface area contributed by atoms with E-state index in [9.17, 15) is 0 Å². The second-order valence-corrected chi connectivity index (χ2v) is 2.53. The summed E-state index contributed by atoms with van der Waals surface area (Å²) in [6.07, 6.45) is -0.560. The molecule has 1 atom stereocenters. The van der Waals surface area contributed by atoms with Crippen LogP contribution in [0.25, 0.3) is 0 Å². The summed E-state index contributed by atoms with van der Waals surface area (Å²) in [5.41, 5.74) is 0. The Balaban J connectivity index is -0.0000000910. The molecule has 10 heavy (non-hydrogen) atoms. The van der Waals surface area contributed by atoms with Crippen molar-refractivity contribution in [3.63, 3.8) is 0 Å². The molecule has 0 saturated heterocycles. The molecule has 3 N–H and O–H groups in total. The molecule has 0 aliphatic heterocycles. The monoisotopic (exact) mass is 263 g/mol. The van der Waals surface area contributed by atoms with Crippen molar-refractivity contribution in [3.05, 3.63) is 0 Å². The molecule has 0 aromatic heterocycles. The van der Waals surface area contributed by atoms with E-state index in [0.717, 1.165) is 0 Å². The quantitative estimate of drug-likeness (QED) is 0.415. The van der Waals surface area contributed by atoms with Crippen LogP contribution in [0.3, 0.4) is 0 Å². The van der Waals surface area contributed by atoms with Gasteiger partial charge in [0.15, 0.2) is 0 Å². The highest BCUT2D eigenvalue weighted by Gasteiger charge is 1.83. The third kappa shape index (κ3) is 73.2. The molecule has 0 rings (SSSR count). The molecule has 0 spiro atoms. The van der Waals surface area contributed by atoms with Crippen LogP contribution in [-0.4, -0.2) is 44.1 Å². The van der Waals surface area contributed by atoms with E-state index < -0.39 is 6.10 Å². The molecule has 0 heterocycles. The van der Waals surface area contributed by atoms with Gasteiger partial charge in [0.05, 0.1) is 33.9 Å². The van der Waals surface area contributed by atoms with Gasteiger partial charge in [-0.3, -0.25) is 0 Å². The molecule has 0 amide bonds. The lowest BCUT2D eigenvalue weighted by molar-refractivity contribution is -0.836. The number of aliphatic hydroxyl groups excluding tert-OH is 2. The largest absolute Gasteiger partial charge is 1.00 e. The summed E-state index contributed by atoms with van der Waals surface area (Å²) < 4.78 is 0. The topological polar surface area (TPSA) is 44.9 Å². The number of nitrogens with one attached hydrogen (secondary N) is 1. The summed E-state index contributed by atoms with van der Waals surface area (Å²) in [6.45, 7) is 1.39. The van der Waals surface area contributed by atoms with Crippen LogP contribution in [0.1, 0.15) is 6.92 Å². The fraction of sp³-hybridized carbons (Fsp3) is 1.00. The van der Waals surface area contributed by atoms with Crippen LogP contribution in [0, 0.1) is 0 Å². The van der Waals surface area contributed by atoms with Gasteiger partial charge in [-0.05, 0) is 6.92 Å². The molecule has 66 valence electrons. The lowest BCUT2D eigenvalue weighted by atomic mass is 10.5. The standard InChI is InChI=1S/C3H9N.C3H8O2.HI/c1-4(2)3;1-3(5)2-4;/h1-3H3;3-5H,2H2,1H3;1H. The molecular formula is C6H18INO2.